The topological polar surface area (TPSA) is 98.3 Å². The number of carbonyl (C=O) groups is 3. The van der Waals surface area contributed by atoms with Gasteiger partial charge in [-0.3, -0.25) is 14.9 Å². The Morgan fingerprint density at radius 1 is 0.941 bits per heavy atom. The Morgan fingerprint density at radius 2 is 1.56 bits per heavy atom. The van der Waals surface area contributed by atoms with Gasteiger partial charge in [-0.05, 0) is 24.3 Å². The lowest BCUT2D eigenvalue weighted by atomic mass is 10.2. The van der Waals surface area contributed by atoms with E-state index >= 15 is 0 Å². The summed E-state index contributed by atoms with van der Waals surface area (Å²) in [6.45, 7) is 6.44. The van der Waals surface area contributed by atoms with Gasteiger partial charge in [0.1, 0.15) is 5.75 Å². The summed E-state index contributed by atoms with van der Waals surface area (Å²) in [5.74, 6) is 0.890. The van der Waals surface area contributed by atoms with E-state index in [-0.39, 0.29) is 24.3 Å². The molecule has 1 aromatic carbocycles. The molecule has 34 heavy (non-hydrogen) atoms. The Balaban J connectivity index is 1.23. The summed E-state index contributed by atoms with van der Waals surface area (Å²) in [5.41, 5.74) is 1.78. The molecule has 0 spiro atoms. The summed E-state index contributed by atoms with van der Waals surface area (Å²) >= 11 is 1.31. The molecule has 2 aliphatic heterocycles. The predicted octanol–water partition coefficient (Wildman–Crippen LogP) is 1.74. The molecule has 182 valence electrons. The van der Waals surface area contributed by atoms with Gasteiger partial charge >= 0.3 is 6.03 Å². The van der Waals surface area contributed by atoms with Crippen molar-refractivity contribution in [3.63, 3.8) is 0 Å². The van der Waals surface area contributed by atoms with Gasteiger partial charge in [0.05, 0.1) is 19.2 Å². The Hall–Kier alpha value is -3.34. The van der Waals surface area contributed by atoms with Crippen molar-refractivity contribution in [2.75, 3.05) is 69.7 Å². The number of nitrogens with one attached hydrogen (secondary N) is 1. The molecule has 0 radical (unpaired) electrons. The highest BCUT2D eigenvalue weighted by Crippen LogP contribution is 2.21. The monoisotopic (exact) mass is 486 g/mol. The van der Waals surface area contributed by atoms with Crippen LogP contribution < -0.4 is 15.0 Å². The molecule has 0 bridgehead atoms. The number of carbonyl (C=O) groups excluding carboxylic acids is 3. The van der Waals surface area contributed by atoms with E-state index in [0.717, 1.165) is 24.5 Å². The number of aromatic nitrogens is 1. The zero-order chi connectivity index (χ0) is 24.1. The van der Waals surface area contributed by atoms with Crippen molar-refractivity contribution in [2.45, 2.75) is 13.3 Å². The fourth-order valence-corrected chi connectivity index (χ4v) is 4.81. The minimum Gasteiger partial charge on any atom is -0.497 e. The van der Waals surface area contributed by atoms with Crippen LogP contribution in [0, 0.1) is 0 Å². The van der Waals surface area contributed by atoms with Crippen molar-refractivity contribution in [3.05, 3.63) is 35.3 Å². The largest absolute Gasteiger partial charge is 0.497 e. The predicted molar refractivity (Wildman–Crippen MR) is 130 cm³/mol. The standard InChI is InChI=1S/C23H30N6O4S/c1-17(30)26-7-13-29(14-8-26)23(32)25-22-24-18(16-34-22)15-21(31)28-11-9-27(10-12-28)19-3-5-20(33-2)6-4-19/h3-6,16H,7-15H2,1-2H3,(H,24,25,32). The van der Waals surface area contributed by atoms with Gasteiger partial charge in [0.15, 0.2) is 5.13 Å². The lowest BCUT2D eigenvalue weighted by molar-refractivity contribution is -0.131. The van der Waals surface area contributed by atoms with Crippen molar-refractivity contribution in [1.29, 1.82) is 0 Å². The van der Waals surface area contributed by atoms with Gasteiger partial charge in [0, 0.05) is 70.3 Å². The molecule has 10 nitrogen and oxygen atoms in total. The Morgan fingerprint density at radius 3 is 2.18 bits per heavy atom. The molecule has 11 heteroatoms. The average Bonchev–Trinajstić information content (AvgIpc) is 3.30. The smallest absolute Gasteiger partial charge is 0.323 e. The number of methoxy groups -OCH3 is 1. The van der Waals surface area contributed by atoms with E-state index < -0.39 is 0 Å². The molecule has 0 aliphatic carbocycles. The summed E-state index contributed by atoms with van der Waals surface area (Å²) in [4.78, 5) is 48.7. The number of benzene rings is 1. The maximum atomic E-state index is 12.8. The van der Waals surface area contributed by atoms with Gasteiger partial charge < -0.3 is 24.3 Å². The van der Waals surface area contributed by atoms with Gasteiger partial charge in [0.25, 0.3) is 0 Å². The molecule has 0 unspecified atom stereocenters. The third-order valence-electron chi connectivity index (χ3n) is 6.18. The number of ether oxygens (including phenoxy) is 1. The number of urea groups is 1. The minimum absolute atomic E-state index is 0.0245. The Kier molecular flexibility index (Phi) is 7.51. The van der Waals surface area contributed by atoms with Crippen LogP contribution >= 0.6 is 11.3 Å². The fourth-order valence-electron chi connectivity index (χ4n) is 4.11. The molecule has 0 atom stereocenters. The Bertz CT molecular complexity index is 1010. The first kappa shape index (κ1) is 23.8. The summed E-state index contributed by atoms with van der Waals surface area (Å²) in [5, 5.41) is 5.10. The van der Waals surface area contributed by atoms with E-state index in [1.165, 1.54) is 18.3 Å². The molecule has 4 rings (SSSR count). The number of amides is 4. The Labute approximate surface area is 203 Å². The molecule has 1 N–H and O–H groups in total. The van der Waals surface area contributed by atoms with Gasteiger partial charge in [-0.2, -0.15) is 0 Å². The second-order valence-corrected chi connectivity index (χ2v) is 9.17. The maximum absolute atomic E-state index is 12.8. The lowest BCUT2D eigenvalue weighted by Gasteiger charge is -2.36. The summed E-state index contributed by atoms with van der Waals surface area (Å²) in [6.07, 6.45) is 0.214. The third kappa shape index (κ3) is 5.77. The van der Waals surface area contributed by atoms with E-state index in [9.17, 15) is 14.4 Å². The van der Waals surface area contributed by atoms with Crippen LogP contribution in [0.25, 0.3) is 0 Å². The zero-order valence-electron chi connectivity index (χ0n) is 19.5. The molecule has 1 aromatic heterocycles. The number of thiazole rings is 1. The molecule has 2 aromatic rings. The molecular weight excluding hydrogens is 456 g/mol. The van der Waals surface area contributed by atoms with E-state index in [2.05, 4.69) is 15.2 Å². The van der Waals surface area contributed by atoms with Crippen molar-refractivity contribution >= 4 is 40.0 Å². The number of piperazine rings is 2. The molecule has 2 saturated heterocycles. The summed E-state index contributed by atoms with van der Waals surface area (Å²) in [6, 6.07) is 7.72. The van der Waals surface area contributed by atoms with Gasteiger partial charge in [-0.15, -0.1) is 11.3 Å². The van der Waals surface area contributed by atoms with Crippen LogP contribution in [0.5, 0.6) is 5.75 Å². The summed E-state index contributed by atoms with van der Waals surface area (Å²) in [7, 11) is 1.65. The molecular formula is C23H30N6O4S. The van der Waals surface area contributed by atoms with Crippen LogP contribution in [0.2, 0.25) is 0 Å². The fraction of sp³-hybridized carbons (Fsp3) is 0.478. The number of nitrogens with zero attached hydrogens (tertiary/aromatic N) is 5. The molecule has 2 aliphatic rings. The second-order valence-electron chi connectivity index (χ2n) is 8.31. The number of hydrogen-bond acceptors (Lipinski definition) is 7. The molecule has 4 amide bonds. The van der Waals surface area contributed by atoms with Crippen molar-refractivity contribution in [1.82, 2.24) is 19.7 Å². The maximum Gasteiger partial charge on any atom is 0.323 e. The summed E-state index contributed by atoms with van der Waals surface area (Å²) < 4.78 is 5.21. The first-order chi connectivity index (χ1) is 16.4. The van der Waals surface area contributed by atoms with Gasteiger partial charge in [-0.1, -0.05) is 0 Å². The van der Waals surface area contributed by atoms with Crippen molar-refractivity contribution in [3.8, 4) is 5.75 Å². The van der Waals surface area contributed by atoms with Crippen LogP contribution in [0.3, 0.4) is 0 Å². The highest BCUT2D eigenvalue weighted by Gasteiger charge is 2.24. The molecule has 0 saturated carbocycles. The van der Waals surface area contributed by atoms with E-state index in [1.54, 1.807) is 16.9 Å². The van der Waals surface area contributed by atoms with Crippen LogP contribution in [0.15, 0.2) is 29.6 Å². The first-order valence-electron chi connectivity index (χ1n) is 11.4. The average molecular weight is 487 g/mol. The molecule has 3 heterocycles. The lowest BCUT2D eigenvalue weighted by Crippen LogP contribution is -2.51. The quantitative estimate of drug-likeness (QED) is 0.691. The SMILES string of the molecule is COc1ccc(N2CCN(C(=O)Cc3csc(NC(=O)N4CCN(C(C)=O)CC4)n3)CC2)cc1. The van der Waals surface area contributed by atoms with Crippen LogP contribution in [0.1, 0.15) is 12.6 Å². The van der Waals surface area contributed by atoms with Crippen molar-refractivity contribution in [2.24, 2.45) is 0 Å². The highest BCUT2D eigenvalue weighted by molar-refractivity contribution is 7.13. The normalized spacial score (nSPS) is 16.4. The second kappa shape index (κ2) is 10.7. The third-order valence-corrected chi connectivity index (χ3v) is 6.99. The van der Waals surface area contributed by atoms with E-state index in [4.69, 9.17) is 4.74 Å². The first-order valence-corrected chi connectivity index (χ1v) is 12.2. The molecule has 2 fully saturated rings. The van der Waals surface area contributed by atoms with E-state index in [1.807, 2.05) is 34.5 Å². The minimum atomic E-state index is -0.231. The highest BCUT2D eigenvalue weighted by atomic mass is 32.1. The van der Waals surface area contributed by atoms with Crippen LogP contribution in [0.4, 0.5) is 15.6 Å². The number of hydrogen-bond donors (Lipinski definition) is 1. The van der Waals surface area contributed by atoms with Gasteiger partial charge in [0.2, 0.25) is 11.8 Å². The van der Waals surface area contributed by atoms with Crippen LogP contribution in [-0.2, 0) is 16.0 Å². The number of rotatable bonds is 5. The van der Waals surface area contributed by atoms with Crippen LogP contribution in [-0.4, -0.2) is 97.0 Å². The number of anilines is 2. The van der Waals surface area contributed by atoms with Gasteiger partial charge in [-0.25, -0.2) is 9.78 Å². The zero-order valence-corrected chi connectivity index (χ0v) is 20.3. The van der Waals surface area contributed by atoms with Crippen molar-refractivity contribution < 1.29 is 19.1 Å². The van der Waals surface area contributed by atoms with E-state index in [0.29, 0.717) is 50.1 Å².